The first kappa shape index (κ1) is 28.3. The highest BCUT2D eigenvalue weighted by Gasteiger charge is 2.17. The highest BCUT2D eigenvalue weighted by molar-refractivity contribution is 6.05. The minimum absolute atomic E-state index is 0.543. The summed E-state index contributed by atoms with van der Waals surface area (Å²) >= 11 is 0. The van der Waals surface area contributed by atoms with Gasteiger partial charge in [-0.15, -0.1) is 0 Å². The van der Waals surface area contributed by atoms with E-state index < -0.39 is 0 Å². The van der Waals surface area contributed by atoms with Crippen molar-refractivity contribution in [3.63, 3.8) is 0 Å². The largest absolute Gasteiger partial charge is 0.436 e. The van der Waals surface area contributed by atoms with Gasteiger partial charge in [0.05, 0.1) is 11.0 Å². The average molecular weight is 640 g/mol. The molecule has 0 amide bonds. The first-order valence-electron chi connectivity index (χ1n) is 16.8. The van der Waals surface area contributed by atoms with E-state index in [0.29, 0.717) is 5.71 Å². The zero-order valence-electron chi connectivity index (χ0n) is 27.0. The fraction of sp³-hybridized carbons (Fsp3) is 0. The van der Waals surface area contributed by atoms with E-state index in [1.165, 1.54) is 43.8 Å². The predicted molar refractivity (Wildman–Crippen MR) is 207 cm³/mol. The number of aromatic nitrogens is 2. The first-order valence-corrected chi connectivity index (χ1v) is 16.8. The number of anilines is 3. The van der Waals surface area contributed by atoms with E-state index in [0.717, 1.165) is 44.6 Å². The maximum absolute atomic E-state index is 6.35. The molecule has 0 aliphatic heterocycles. The summed E-state index contributed by atoms with van der Waals surface area (Å²) in [6.07, 6.45) is 0. The fourth-order valence-corrected chi connectivity index (χ4v) is 7.06. The Hall–Kier alpha value is -6.78. The summed E-state index contributed by atoms with van der Waals surface area (Å²) in [7, 11) is 0. The molecule has 0 aliphatic carbocycles. The van der Waals surface area contributed by atoms with Gasteiger partial charge < -0.3 is 9.32 Å². The van der Waals surface area contributed by atoms with Gasteiger partial charge in [0.25, 0.3) is 0 Å². The number of hydrogen-bond acceptors (Lipinski definition) is 4. The lowest BCUT2D eigenvalue weighted by molar-refractivity contribution is 0.655. The normalized spacial score (nSPS) is 11.6. The summed E-state index contributed by atoms with van der Waals surface area (Å²) in [4.78, 5) is 12.0. The number of hydrogen-bond donors (Lipinski definition) is 0. The summed E-state index contributed by atoms with van der Waals surface area (Å²) in [5, 5.41) is 5.90. The van der Waals surface area contributed by atoms with Crippen LogP contribution in [-0.2, 0) is 0 Å². The number of rotatable bonds is 5. The van der Waals surface area contributed by atoms with Crippen LogP contribution in [-0.4, -0.2) is 9.97 Å². The fourth-order valence-electron chi connectivity index (χ4n) is 7.06. The van der Waals surface area contributed by atoms with Crippen molar-refractivity contribution in [3.05, 3.63) is 176 Å². The molecule has 50 heavy (non-hydrogen) atoms. The van der Waals surface area contributed by atoms with Crippen molar-refractivity contribution >= 4 is 71.8 Å². The summed E-state index contributed by atoms with van der Waals surface area (Å²) in [6.45, 7) is 0. The topological polar surface area (TPSA) is 42.2 Å². The molecule has 0 N–H and O–H groups in total. The van der Waals surface area contributed by atoms with Gasteiger partial charge in [0.15, 0.2) is 0 Å². The van der Waals surface area contributed by atoms with Crippen LogP contribution in [0.5, 0.6) is 0 Å². The first-order chi connectivity index (χ1) is 24.7. The van der Waals surface area contributed by atoms with Gasteiger partial charge in [0.1, 0.15) is 11.1 Å². The lowest BCUT2D eigenvalue weighted by atomic mass is 10.00. The molecule has 0 unspecified atom stereocenters. The van der Waals surface area contributed by atoms with Gasteiger partial charge in [-0.1, -0.05) is 109 Å². The van der Waals surface area contributed by atoms with Gasteiger partial charge in [0.2, 0.25) is 5.71 Å². The molecule has 10 rings (SSSR count). The van der Waals surface area contributed by atoms with Gasteiger partial charge >= 0.3 is 0 Å². The minimum Gasteiger partial charge on any atom is -0.436 e. The Bertz CT molecular complexity index is 2750. The van der Waals surface area contributed by atoms with Crippen LogP contribution in [0.3, 0.4) is 0 Å². The molecule has 8 aromatic carbocycles. The molecule has 0 fully saturated rings. The van der Waals surface area contributed by atoms with E-state index in [-0.39, 0.29) is 0 Å². The summed E-state index contributed by atoms with van der Waals surface area (Å²) in [6, 6.07) is 62.1. The molecule has 10 aromatic rings. The molecule has 4 heteroatoms. The smallest absolute Gasteiger partial charge is 0.246 e. The van der Waals surface area contributed by atoms with Crippen molar-refractivity contribution < 1.29 is 4.42 Å². The Morgan fingerprint density at radius 1 is 0.380 bits per heavy atom. The van der Waals surface area contributed by atoms with Crippen LogP contribution < -0.4 is 4.90 Å². The Balaban J connectivity index is 1.08. The van der Waals surface area contributed by atoms with Crippen LogP contribution in [0, 0.1) is 0 Å². The van der Waals surface area contributed by atoms with Crippen molar-refractivity contribution in [2.75, 3.05) is 4.90 Å². The zero-order valence-corrected chi connectivity index (χ0v) is 27.0. The molecule has 0 saturated carbocycles. The Morgan fingerprint density at radius 3 is 1.44 bits per heavy atom. The van der Waals surface area contributed by atoms with Crippen LogP contribution in [0.2, 0.25) is 0 Å². The molecule has 0 saturated heterocycles. The quantitative estimate of drug-likeness (QED) is 0.188. The van der Waals surface area contributed by atoms with Gasteiger partial charge in [-0.05, 0) is 104 Å². The maximum atomic E-state index is 6.35. The number of furan rings is 1. The Kier molecular flexibility index (Phi) is 6.46. The molecule has 0 radical (unpaired) electrons. The molecule has 2 heterocycles. The van der Waals surface area contributed by atoms with E-state index in [2.05, 4.69) is 157 Å². The Morgan fingerprint density at radius 2 is 0.860 bits per heavy atom. The third-order valence-electron chi connectivity index (χ3n) is 9.64. The van der Waals surface area contributed by atoms with Crippen LogP contribution in [0.15, 0.2) is 180 Å². The molecular weight excluding hydrogens is 611 g/mol. The lowest BCUT2D eigenvalue weighted by Gasteiger charge is -2.26. The molecule has 0 bridgehead atoms. The molecular formula is C46H29N3O. The molecule has 2 aromatic heterocycles. The van der Waals surface area contributed by atoms with E-state index in [4.69, 9.17) is 14.4 Å². The number of fused-ring (bicyclic) bond motifs is 6. The predicted octanol–water partition coefficient (Wildman–Crippen LogP) is 12.6. The van der Waals surface area contributed by atoms with Gasteiger partial charge in [-0.2, -0.15) is 0 Å². The second-order valence-electron chi connectivity index (χ2n) is 12.7. The van der Waals surface area contributed by atoms with Gasteiger partial charge in [-0.3, -0.25) is 0 Å². The van der Waals surface area contributed by atoms with E-state index in [1.807, 2.05) is 24.3 Å². The number of nitrogens with zero attached hydrogens (tertiary/aromatic N) is 3. The van der Waals surface area contributed by atoms with E-state index >= 15 is 0 Å². The maximum Gasteiger partial charge on any atom is 0.246 e. The van der Waals surface area contributed by atoms with E-state index in [1.54, 1.807) is 0 Å². The third kappa shape index (κ3) is 4.85. The van der Waals surface area contributed by atoms with Crippen molar-refractivity contribution in [2.45, 2.75) is 0 Å². The Labute approximate surface area is 288 Å². The van der Waals surface area contributed by atoms with Crippen LogP contribution in [0.4, 0.5) is 17.1 Å². The summed E-state index contributed by atoms with van der Waals surface area (Å²) in [5.74, 6) is 0. The number of benzene rings is 8. The highest BCUT2D eigenvalue weighted by Crippen LogP contribution is 2.40. The lowest BCUT2D eigenvalue weighted by Crippen LogP contribution is -2.09. The van der Waals surface area contributed by atoms with Crippen molar-refractivity contribution in [1.29, 1.82) is 0 Å². The molecule has 234 valence electrons. The molecule has 4 nitrogen and oxygen atoms in total. The number of para-hydroxylation sites is 2. The molecule has 0 atom stereocenters. The van der Waals surface area contributed by atoms with Gasteiger partial charge in [-0.25, -0.2) is 9.97 Å². The van der Waals surface area contributed by atoms with Crippen molar-refractivity contribution in [3.8, 4) is 22.3 Å². The van der Waals surface area contributed by atoms with Crippen molar-refractivity contribution in [1.82, 2.24) is 9.97 Å². The second kappa shape index (κ2) is 11.4. The molecule has 0 aliphatic rings. The monoisotopic (exact) mass is 639 g/mol. The van der Waals surface area contributed by atoms with Crippen LogP contribution in [0.25, 0.3) is 77.0 Å². The van der Waals surface area contributed by atoms with E-state index in [9.17, 15) is 0 Å². The molecule has 0 spiro atoms. The average Bonchev–Trinajstić information content (AvgIpc) is 3.53. The second-order valence-corrected chi connectivity index (χ2v) is 12.7. The summed E-state index contributed by atoms with van der Waals surface area (Å²) in [5.41, 5.74) is 11.5. The SMILES string of the molecule is c1ccc2cc(-c3ccc(N(c4ccc(-c5ccc6ccccc6c5)cc4)c4ccc5c(c4)oc4nc6ccccc6nc45)cc3)ccc2c1. The summed E-state index contributed by atoms with van der Waals surface area (Å²) < 4.78 is 6.35. The van der Waals surface area contributed by atoms with Crippen molar-refractivity contribution in [2.24, 2.45) is 0 Å². The minimum atomic E-state index is 0.543. The standard InChI is InChI=1S/C46H29N3O/c1-3-9-34-27-36(15-13-30(34)7-1)32-17-21-38(22-18-32)49(39-23-19-33(20-24-39)37-16-14-31-8-2-4-10-35(31)28-37)40-25-26-41-44(29-40)50-46-45(41)47-42-11-5-6-12-43(42)48-46/h1-29H. The zero-order chi connectivity index (χ0) is 33.0. The van der Waals surface area contributed by atoms with Crippen LogP contribution in [0.1, 0.15) is 0 Å². The highest BCUT2D eigenvalue weighted by atomic mass is 16.3. The van der Waals surface area contributed by atoms with Gasteiger partial charge in [0, 0.05) is 28.5 Å². The third-order valence-corrected chi connectivity index (χ3v) is 9.64. The van der Waals surface area contributed by atoms with Crippen LogP contribution >= 0.6 is 0 Å².